The average molecular weight is 290 g/mol. The summed E-state index contributed by atoms with van der Waals surface area (Å²) in [4.78, 5) is 11.7. The van der Waals surface area contributed by atoms with Crippen LogP contribution >= 0.6 is 0 Å². The van der Waals surface area contributed by atoms with E-state index in [9.17, 15) is 13.6 Å². The second-order valence-corrected chi connectivity index (χ2v) is 4.77. The number of carbonyl (C=O) groups is 1. The van der Waals surface area contributed by atoms with Crippen molar-refractivity contribution in [3.63, 3.8) is 0 Å². The van der Waals surface area contributed by atoms with Gasteiger partial charge in [-0.05, 0) is 24.6 Å². The largest absolute Gasteiger partial charge is 0.325 e. The van der Waals surface area contributed by atoms with E-state index in [-0.39, 0.29) is 18.1 Å². The summed E-state index contributed by atoms with van der Waals surface area (Å²) in [6.45, 7) is 2.66. The number of benzene rings is 2. The number of halogens is 2. The van der Waals surface area contributed by atoms with E-state index in [0.717, 1.165) is 17.7 Å². The molecular weight excluding hydrogens is 274 g/mol. The minimum absolute atomic E-state index is 0.0902. The molecule has 0 heterocycles. The van der Waals surface area contributed by atoms with Crippen LogP contribution in [-0.2, 0) is 11.3 Å². The van der Waals surface area contributed by atoms with Crippen molar-refractivity contribution in [2.45, 2.75) is 13.5 Å². The fourth-order valence-corrected chi connectivity index (χ4v) is 1.81. The van der Waals surface area contributed by atoms with Gasteiger partial charge in [-0.15, -0.1) is 0 Å². The van der Waals surface area contributed by atoms with E-state index in [2.05, 4.69) is 10.6 Å². The van der Waals surface area contributed by atoms with E-state index in [1.54, 1.807) is 0 Å². The third kappa shape index (κ3) is 4.65. The van der Waals surface area contributed by atoms with Crippen molar-refractivity contribution in [3.8, 4) is 0 Å². The Morgan fingerprint density at radius 2 is 1.76 bits per heavy atom. The molecule has 0 aliphatic heterocycles. The van der Waals surface area contributed by atoms with E-state index in [0.29, 0.717) is 6.54 Å². The maximum atomic E-state index is 13.0. The van der Waals surface area contributed by atoms with Crippen LogP contribution in [0.1, 0.15) is 11.1 Å². The third-order valence-corrected chi connectivity index (χ3v) is 2.94. The van der Waals surface area contributed by atoms with Gasteiger partial charge in [-0.3, -0.25) is 4.79 Å². The van der Waals surface area contributed by atoms with E-state index in [1.807, 2.05) is 31.2 Å². The van der Waals surface area contributed by atoms with Crippen molar-refractivity contribution >= 4 is 11.6 Å². The number of rotatable bonds is 5. The number of carbonyl (C=O) groups excluding carboxylic acids is 1. The van der Waals surface area contributed by atoms with E-state index < -0.39 is 11.6 Å². The van der Waals surface area contributed by atoms with Crippen molar-refractivity contribution < 1.29 is 13.6 Å². The molecule has 0 radical (unpaired) electrons. The Labute approximate surface area is 122 Å². The SMILES string of the molecule is Cc1ccc(CNCC(=O)Nc2ccc(F)c(F)c2)cc1. The van der Waals surface area contributed by atoms with E-state index >= 15 is 0 Å². The zero-order valence-corrected chi connectivity index (χ0v) is 11.6. The quantitative estimate of drug-likeness (QED) is 0.889. The van der Waals surface area contributed by atoms with Gasteiger partial charge in [-0.2, -0.15) is 0 Å². The predicted octanol–water partition coefficient (Wildman–Crippen LogP) is 3.00. The Morgan fingerprint density at radius 1 is 1.05 bits per heavy atom. The first kappa shape index (κ1) is 15.1. The molecule has 2 aromatic rings. The number of amides is 1. The molecule has 2 rings (SSSR count). The first-order valence-corrected chi connectivity index (χ1v) is 6.56. The molecule has 0 aliphatic carbocycles. The Hall–Kier alpha value is -2.27. The lowest BCUT2D eigenvalue weighted by Crippen LogP contribution is -2.27. The molecule has 0 bridgehead atoms. The maximum absolute atomic E-state index is 13.0. The molecule has 5 heteroatoms. The maximum Gasteiger partial charge on any atom is 0.238 e. The number of nitrogens with one attached hydrogen (secondary N) is 2. The highest BCUT2D eigenvalue weighted by atomic mass is 19.2. The van der Waals surface area contributed by atoms with Crippen LogP contribution in [0.3, 0.4) is 0 Å². The highest BCUT2D eigenvalue weighted by molar-refractivity contribution is 5.92. The van der Waals surface area contributed by atoms with Gasteiger partial charge in [-0.25, -0.2) is 8.78 Å². The molecular formula is C16H16F2N2O. The molecule has 0 unspecified atom stereocenters. The summed E-state index contributed by atoms with van der Waals surface area (Å²) in [6, 6.07) is 11.2. The third-order valence-electron chi connectivity index (χ3n) is 2.94. The lowest BCUT2D eigenvalue weighted by molar-refractivity contribution is -0.115. The van der Waals surface area contributed by atoms with Crippen molar-refractivity contribution in [3.05, 3.63) is 65.2 Å². The fraction of sp³-hybridized carbons (Fsp3) is 0.188. The Morgan fingerprint density at radius 3 is 2.43 bits per heavy atom. The van der Waals surface area contributed by atoms with Crippen molar-refractivity contribution in [2.75, 3.05) is 11.9 Å². The Kier molecular flexibility index (Phi) is 5.00. The summed E-state index contributed by atoms with van der Waals surface area (Å²) in [5.41, 5.74) is 2.48. The van der Waals surface area contributed by atoms with Gasteiger partial charge >= 0.3 is 0 Å². The number of aryl methyl sites for hydroxylation is 1. The van der Waals surface area contributed by atoms with Gasteiger partial charge in [0.05, 0.1) is 6.54 Å². The summed E-state index contributed by atoms with van der Waals surface area (Å²) < 4.78 is 25.7. The molecule has 0 fully saturated rings. The van der Waals surface area contributed by atoms with Crippen LogP contribution in [0, 0.1) is 18.6 Å². The van der Waals surface area contributed by atoms with Gasteiger partial charge in [0.15, 0.2) is 11.6 Å². The molecule has 0 aliphatic rings. The smallest absolute Gasteiger partial charge is 0.238 e. The van der Waals surface area contributed by atoms with Crippen LogP contribution in [0.2, 0.25) is 0 Å². The highest BCUT2D eigenvalue weighted by Gasteiger charge is 2.06. The van der Waals surface area contributed by atoms with Gasteiger partial charge in [0.2, 0.25) is 5.91 Å². The molecule has 2 aromatic carbocycles. The van der Waals surface area contributed by atoms with Gasteiger partial charge in [0.1, 0.15) is 0 Å². The second-order valence-electron chi connectivity index (χ2n) is 4.77. The van der Waals surface area contributed by atoms with Gasteiger partial charge in [0, 0.05) is 18.3 Å². The van der Waals surface area contributed by atoms with E-state index in [4.69, 9.17) is 0 Å². The van der Waals surface area contributed by atoms with Crippen LogP contribution in [0.25, 0.3) is 0 Å². The first-order valence-electron chi connectivity index (χ1n) is 6.56. The monoisotopic (exact) mass is 290 g/mol. The summed E-state index contributed by atoms with van der Waals surface area (Å²) in [6.07, 6.45) is 0. The summed E-state index contributed by atoms with van der Waals surface area (Å²) in [7, 11) is 0. The number of hydrogen-bond acceptors (Lipinski definition) is 2. The Balaban J connectivity index is 1.79. The van der Waals surface area contributed by atoms with Crippen molar-refractivity contribution in [2.24, 2.45) is 0 Å². The predicted molar refractivity (Wildman–Crippen MR) is 77.9 cm³/mol. The molecule has 21 heavy (non-hydrogen) atoms. The van der Waals surface area contributed by atoms with Gasteiger partial charge < -0.3 is 10.6 Å². The molecule has 0 atom stereocenters. The summed E-state index contributed by atoms with van der Waals surface area (Å²) >= 11 is 0. The lowest BCUT2D eigenvalue weighted by Gasteiger charge is -2.07. The standard InChI is InChI=1S/C16H16F2N2O/c1-11-2-4-12(5-3-11)9-19-10-16(21)20-13-6-7-14(17)15(18)8-13/h2-8,19H,9-10H2,1H3,(H,20,21). The van der Waals surface area contributed by atoms with Crippen molar-refractivity contribution in [1.29, 1.82) is 0 Å². The normalized spacial score (nSPS) is 10.4. The van der Waals surface area contributed by atoms with E-state index in [1.165, 1.54) is 11.6 Å². The second kappa shape index (κ2) is 6.95. The topological polar surface area (TPSA) is 41.1 Å². The van der Waals surface area contributed by atoms with Crippen LogP contribution in [0.15, 0.2) is 42.5 Å². The molecule has 0 saturated heterocycles. The fourth-order valence-electron chi connectivity index (χ4n) is 1.81. The van der Waals surface area contributed by atoms with Crippen LogP contribution in [-0.4, -0.2) is 12.5 Å². The summed E-state index contributed by atoms with van der Waals surface area (Å²) in [5.74, 6) is -2.24. The molecule has 0 spiro atoms. The molecule has 0 saturated carbocycles. The first-order chi connectivity index (χ1) is 10.0. The molecule has 3 nitrogen and oxygen atoms in total. The summed E-state index contributed by atoms with van der Waals surface area (Å²) in [5, 5.41) is 5.48. The minimum atomic E-state index is -0.986. The lowest BCUT2D eigenvalue weighted by atomic mass is 10.1. The molecule has 1 amide bonds. The van der Waals surface area contributed by atoms with Gasteiger partial charge in [0.25, 0.3) is 0 Å². The number of hydrogen-bond donors (Lipinski definition) is 2. The zero-order chi connectivity index (χ0) is 15.2. The highest BCUT2D eigenvalue weighted by Crippen LogP contribution is 2.12. The molecule has 110 valence electrons. The average Bonchev–Trinajstić information content (AvgIpc) is 2.45. The molecule has 0 aromatic heterocycles. The van der Waals surface area contributed by atoms with Crippen LogP contribution < -0.4 is 10.6 Å². The van der Waals surface area contributed by atoms with Crippen LogP contribution in [0.4, 0.5) is 14.5 Å². The van der Waals surface area contributed by atoms with Gasteiger partial charge in [-0.1, -0.05) is 29.8 Å². The minimum Gasteiger partial charge on any atom is -0.325 e. The number of anilines is 1. The zero-order valence-electron chi connectivity index (χ0n) is 11.6. The Bertz CT molecular complexity index is 627. The van der Waals surface area contributed by atoms with Crippen molar-refractivity contribution in [1.82, 2.24) is 5.32 Å². The van der Waals surface area contributed by atoms with Crippen LogP contribution in [0.5, 0.6) is 0 Å². The molecule has 2 N–H and O–H groups in total.